The molecule has 7 nitrogen and oxygen atoms in total. The average molecular weight is 316 g/mol. The third-order valence-corrected chi connectivity index (χ3v) is 4.25. The summed E-state index contributed by atoms with van der Waals surface area (Å²) >= 11 is 0. The maximum absolute atomic E-state index is 12.7. The summed E-state index contributed by atoms with van der Waals surface area (Å²) in [5.41, 5.74) is 1.26. The van der Waals surface area contributed by atoms with Gasteiger partial charge in [-0.05, 0) is 31.4 Å². The maximum Gasteiger partial charge on any atom is 0.308 e. The summed E-state index contributed by atoms with van der Waals surface area (Å²) in [7, 11) is 0. The molecule has 0 spiro atoms. The quantitative estimate of drug-likeness (QED) is 0.926. The van der Waals surface area contributed by atoms with Crippen LogP contribution in [0.2, 0.25) is 0 Å². The Balaban J connectivity index is 1.85. The van der Waals surface area contributed by atoms with Gasteiger partial charge < -0.3 is 10.0 Å². The molecule has 0 saturated carbocycles. The minimum absolute atomic E-state index is 0.131. The smallest absolute Gasteiger partial charge is 0.308 e. The molecule has 2 aromatic rings. The zero-order valence-corrected chi connectivity index (χ0v) is 13.1. The maximum atomic E-state index is 12.7. The van der Waals surface area contributed by atoms with Crippen molar-refractivity contribution in [1.29, 1.82) is 0 Å². The molecule has 3 rings (SSSR count). The number of piperidine rings is 1. The Labute approximate surface area is 133 Å². The SMILES string of the molecule is CCCc1nnc2ccc(C(=O)N3CCCC(C(=O)O)C3)cn12. The number of rotatable bonds is 4. The van der Waals surface area contributed by atoms with E-state index in [9.17, 15) is 9.59 Å². The van der Waals surface area contributed by atoms with Crippen molar-refractivity contribution in [1.82, 2.24) is 19.5 Å². The first-order valence-corrected chi connectivity index (χ1v) is 7.96. The number of nitrogens with zero attached hydrogens (tertiary/aromatic N) is 4. The third-order valence-electron chi connectivity index (χ3n) is 4.25. The van der Waals surface area contributed by atoms with Crippen molar-refractivity contribution in [3.8, 4) is 0 Å². The van der Waals surface area contributed by atoms with E-state index in [1.807, 2.05) is 4.40 Å². The molecule has 1 fully saturated rings. The van der Waals surface area contributed by atoms with Crippen LogP contribution >= 0.6 is 0 Å². The number of carboxylic acid groups (broad SMARTS) is 1. The van der Waals surface area contributed by atoms with Crippen molar-refractivity contribution < 1.29 is 14.7 Å². The van der Waals surface area contributed by atoms with Crippen molar-refractivity contribution in [2.75, 3.05) is 13.1 Å². The first kappa shape index (κ1) is 15.5. The van der Waals surface area contributed by atoms with Crippen LogP contribution in [0.3, 0.4) is 0 Å². The number of likely N-dealkylation sites (tertiary alicyclic amines) is 1. The molecule has 0 aliphatic carbocycles. The number of fused-ring (bicyclic) bond motifs is 1. The lowest BCUT2D eigenvalue weighted by Gasteiger charge is -2.30. The van der Waals surface area contributed by atoms with Gasteiger partial charge >= 0.3 is 5.97 Å². The largest absolute Gasteiger partial charge is 0.481 e. The van der Waals surface area contributed by atoms with Crippen LogP contribution in [0.5, 0.6) is 0 Å². The molecule has 1 atom stereocenters. The number of aromatic nitrogens is 3. The van der Waals surface area contributed by atoms with Gasteiger partial charge in [-0.25, -0.2) is 0 Å². The van der Waals surface area contributed by atoms with Crippen LogP contribution in [0.15, 0.2) is 18.3 Å². The highest BCUT2D eigenvalue weighted by atomic mass is 16.4. The topological polar surface area (TPSA) is 87.8 Å². The van der Waals surface area contributed by atoms with E-state index in [4.69, 9.17) is 5.11 Å². The summed E-state index contributed by atoms with van der Waals surface area (Å²) in [6, 6.07) is 3.50. The predicted molar refractivity (Wildman–Crippen MR) is 83.2 cm³/mol. The number of aryl methyl sites for hydroxylation is 1. The molecular formula is C16H20N4O3. The van der Waals surface area contributed by atoms with Gasteiger partial charge in [0.05, 0.1) is 11.5 Å². The minimum atomic E-state index is -0.831. The Bertz CT molecular complexity index is 740. The molecule has 3 heterocycles. The van der Waals surface area contributed by atoms with Gasteiger partial charge in [0.1, 0.15) is 5.82 Å². The zero-order chi connectivity index (χ0) is 16.4. The molecule has 1 aliphatic rings. The van der Waals surface area contributed by atoms with Gasteiger partial charge in [-0.15, -0.1) is 10.2 Å². The predicted octanol–water partition coefficient (Wildman–Crippen LogP) is 1.62. The molecule has 0 radical (unpaired) electrons. The molecule has 1 amide bonds. The molecule has 23 heavy (non-hydrogen) atoms. The van der Waals surface area contributed by atoms with Gasteiger partial charge in [-0.1, -0.05) is 6.92 Å². The van der Waals surface area contributed by atoms with Crippen molar-refractivity contribution in [3.63, 3.8) is 0 Å². The molecule has 1 N–H and O–H groups in total. The minimum Gasteiger partial charge on any atom is -0.481 e. The number of pyridine rings is 1. The fourth-order valence-corrected chi connectivity index (χ4v) is 3.00. The molecule has 0 bridgehead atoms. The van der Waals surface area contributed by atoms with Gasteiger partial charge in [0.25, 0.3) is 5.91 Å². The van der Waals surface area contributed by atoms with Gasteiger partial charge in [-0.2, -0.15) is 0 Å². The Morgan fingerprint density at radius 1 is 1.35 bits per heavy atom. The Morgan fingerprint density at radius 3 is 2.91 bits per heavy atom. The number of hydrogen-bond donors (Lipinski definition) is 1. The Hall–Kier alpha value is -2.44. The second kappa shape index (κ2) is 6.36. The van der Waals surface area contributed by atoms with E-state index in [0.717, 1.165) is 25.1 Å². The first-order chi connectivity index (χ1) is 11.1. The van der Waals surface area contributed by atoms with E-state index in [2.05, 4.69) is 17.1 Å². The highest BCUT2D eigenvalue weighted by molar-refractivity contribution is 5.94. The molecule has 1 saturated heterocycles. The summed E-state index contributed by atoms with van der Waals surface area (Å²) < 4.78 is 1.84. The fourth-order valence-electron chi connectivity index (χ4n) is 3.00. The molecule has 122 valence electrons. The molecule has 1 aliphatic heterocycles. The number of hydrogen-bond acceptors (Lipinski definition) is 4. The highest BCUT2D eigenvalue weighted by Gasteiger charge is 2.28. The van der Waals surface area contributed by atoms with Gasteiger partial charge in [0.15, 0.2) is 5.65 Å². The molecular weight excluding hydrogens is 296 g/mol. The zero-order valence-electron chi connectivity index (χ0n) is 13.1. The van der Waals surface area contributed by atoms with Crippen LogP contribution in [-0.2, 0) is 11.2 Å². The average Bonchev–Trinajstić information content (AvgIpc) is 2.97. The lowest BCUT2D eigenvalue weighted by Crippen LogP contribution is -2.42. The second-order valence-electron chi connectivity index (χ2n) is 5.94. The lowest BCUT2D eigenvalue weighted by molar-refractivity contribution is -0.143. The monoisotopic (exact) mass is 316 g/mol. The van der Waals surface area contributed by atoms with Crippen LogP contribution in [-0.4, -0.2) is 49.6 Å². The number of carbonyl (C=O) groups is 2. The van der Waals surface area contributed by atoms with Crippen LogP contribution in [0.4, 0.5) is 0 Å². The highest BCUT2D eigenvalue weighted by Crippen LogP contribution is 2.19. The molecule has 0 aromatic carbocycles. The number of carbonyl (C=O) groups excluding carboxylic acids is 1. The van der Waals surface area contributed by atoms with Crippen LogP contribution in [0.1, 0.15) is 42.4 Å². The normalized spacial score (nSPS) is 18.3. The van der Waals surface area contributed by atoms with E-state index in [-0.39, 0.29) is 12.5 Å². The summed E-state index contributed by atoms with van der Waals surface area (Å²) in [5, 5.41) is 17.4. The molecule has 2 aromatic heterocycles. The van der Waals surface area contributed by atoms with Gasteiger partial charge in [-0.3, -0.25) is 14.0 Å². The summed E-state index contributed by atoms with van der Waals surface area (Å²) in [5.74, 6) is -0.600. The van der Waals surface area contributed by atoms with Crippen LogP contribution in [0, 0.1) is 5.92 Å². The van der Waals surface area contributed by atoms with Gasteiger partial charge in [0, 0.05) is 25.7 Å². The second-order valence-corrected chi connectivity index (χ2v) is 5.94. The Morgan fingerprint density at radius 2 is 2.17 bits per heavy atom. The summed E-state index contributed by atoms with van der Waals surface area (Å²) in [6.45, 7) is 2.94. The molecule has 7 heteroatoms. The molecule has 1 unspecified atom stereocenters. The number of amides is 1. The van der Waals surface area contributed by atoms with E-state index in [1.54, 1.807) is 23.2 Å². The standard InChI is InChI=1S/C16H20N4O3/c1-2-4-13-17-18-14-7-6-11(10-20(13)14)15(21)19-8-3-5-12(9-19)16(22)23/h6-7,10,12H,2-5,8-9H2,1H3,(H,22,23). The van der Waals surface area contributed by atoms with Crippen molar-refractivity contribution in [2.24, 2.45) is 5.92 Å². The third kappa shape index (κ3) is 3.04. The summed E-state index contributed by atoms with van der Waals surface area (Å²) in [6.07, 6.45) is 4.85. The fraction of sp³-hybridized carbons (Fsp3) is 0.500. The van der Waals surface area contributed by atoms with E-state index in [1.165, 1.54) is 0 Å². The van der Waals surface area contributed by atoms with E-state index < -0.39 is 11.9 Å². The van der Waals surface area contributed by atoms with Crippen molar-refractivity contribution in [2.45, 2.75) is 32.6 Å². The first-order valence-electron chi connectivity index (χ1n) is 7.96. The van der Waals surface area contributed by atoms with Crippen molar-refractivity contribution in [3.05, 3.63) is 29.7 Å². The summed E-state index contributed by atoms with van der Waals surface area (Å²) in [4.78, 5) is 25.5. The van der Waals surface area contributed by atoms with Crippen molar-refractivity contribution >= 4 is 17.5 Å². The number of aliphatic carboxylic acids is 1. The van der Waals surface area contributed by atoms with Crippen LogP contribution < -0.4 is 0 Å². The van der Waals surface area contributed by atoms with Crippen LogP contribution in [0.25, 0.3) is 5.65 Å². The van der Waals surface area contributed by atoms with E-state index in [0.29, 0.717) is 24.2 Å². The Kier molecular flexibility index (Phi) is 4.27. The van der Waals surface area contributed by atoms with E-state index >= 15 is 0 Å². The lowest BCUT2D eigenvalue weighted by atomic mass is 9.98. The number of carboxylic acids is 1. The van der Waals surface area contributed by atoms with Gasteiger partial charge in [0.2, 0.25) is 0 Å².